The van der Waals surface area contributed by atoms with Gasteiger partial charge in [-0.1, -0.05) is 6.07 Å². The zero-order chi connectivity index (χ0) is 15.5. The van der Waals surface area contributed by atoms with Crippen LogP contribution in [0.25, 0.3) is 0 Å². The first kappa shape index (κ1) is 20.1. The fourth-order valence-electron chi connectivity index (χ4n) is 2.39. The Morgan fingerprint density at radius 2 is 2.09 bits per heavy atom. The highest BCUT2D eigenvalue weighted by Gasteiger charge is 2.09. The lowest BCUT2D eigenvalue weighted by Crippen LogP contribution is -2.38. The van der Waals surface area contributed by atoms with Crippen molar-refractivity contribution in [3.63, 3.8) is 0 Å². The molecular weight excluding hydrogens is 405 g/mol. The molecule has 1 aromatic rings. The molecule has 0 unspecified atom stereocenters. The highest BCUT2D eigenvalue weighted by Crippen LogP contribution is 1.99. The van der Waals surface area contributed by atoms with Crippen LogP contribution in [0.15, 0.2) is 29.4 Å². The molecule has 0 radical (unpaired) electrons. The second-order valence-electron chi connectivity index (χ2n) is 5.33. The van der Waals surface area contributed by atoms with Gasteiger partial charge in [0.15, 0.2) is 5.96 Å². The average molecular weight is 433 g/mol. The van der Waals surface area contributed by atoms with E-state index in [1.54, 1.807) is 13.2 Å². The van der Waals surface area contributed by atoms with Gasteiger partial charge in [0.1, 0.15) is 0 Å². The number of rotatable bonds is 7. The van der Waals surface area contributed by atoms with Crippen LogP contribution in [0.2, 0.25) is 0 Å². The molecule has 0 bridgehead atoms. The fraction of sp³-hybridized carbons (Fsp3) is 0.625. The first-order valence-corrected chi connectivity index (χ1v) is 8.03. The van der Waals surface area contributed by atoms with Gasteiger partial charge in [0.2, 0.25) is 0 Å². The van der Waals surface area contributed by atoms with E-state index in [9.17, 15) is 0 Å². The predicted molar refractivity (Wildman–Crippen MR) is 104 cm³/mol. The summed E-state index contributed by atoms with van der Waals surface area (Å²) >= 11 is 0. The second kappa shape index (κ2) is 12.5. The number of guanidine groups is 1. The van der Waals surface area contributed by atoms with Gasteiger partial charge in [-0.05, 0) is 31.5 Å². The molecule has 1 fully saturated rings. The van der Waals surface area contributed by atoms with Gasteiger partial charge in [-0.3, -0.25) is 14.9 Å². The number of nitrogens with one attached hydrogen (secondary N) is 2. The van der Waals surface area contributed by atoms with E-state index in [2.05, 4.69) is 25.5 Å². The summed E-state index contributed by atoms with van der Waals surface area (Å²) in [6.07, 6.45) is 4.14. The van der Waals surface area contributed by atoms with Crippen molar-refractivity contribution in [2.75, 3.05) is 46.4 Å². The summed E-state index contributed by atoms with van der Waals surface area (Å²) < 4.78 is 5.35. The molecule has 0 atom stereocenters. The Morgan fingerprint density at radius 3 is 2.78 bits per heavy atom. The molecule has 0 aliphatic carbocycles. The van der Waals surface area contributed by atoms with Crippen molar-refractivity contribution in [1.82, 2.24) is 20.5 Å². The van der Waals surface area contributed by atoms with Gasteiger partial charge >= 0.3 is 0 Å². The number of hydrogen-bond acceptors (Lipinski definition) is 4. The highest BCUT2D eigenvalue weighted by molar-refractivity contribution is 14.0. The lowest BCUT2D eigenvalue weighted by molar-refractivity contribution is 0.0372. The number of aromatic nitrogens is 1. The monoisotopic (exact) mass is 433 g/mol. The molecule has 0 aromatic carbocycles. The Morgan fingerprint density at radius 1 is 1.26 bits per heavy atom. The van der Waals surface area contributed by atoms with Gasteiger partial charge in [0, 0.05) is 32.9 Å². The van der Waals surface area contributed by atoms with Crippen LogP contribution in [0, 0.1) is 0 Å². The Labute approximate surface area is 156 Å². The number of hydrogen-bond donors (Lipinski definition) is 2. The van der Waals surface area contributed by atoms with E-state index in [0.29, 0.717) is 6.54 Å². The Hall–Kier alpha value is -0.930. The lowest BCUT2D eigenvalue weighted by atomic mass is 10.2. The maximum atomic E-state index is 5.35. The third kappa shape index (κ3) is 8.47. The maximum absolute atomic E-state index is 5.35. The quantitative estimate of drug-likeness (QED) is 0.295. The van der Waals surface area contributed by atoms with Crippen LogP contribution in [-0.4, -0.2) is 62.3 Å². The van der Waals surface area contributed by atoms with E-state index in [-0.39, 0.29) is 24.0 Å². The molecule has 0 spiro atoms. The normalized spacial score (nSPS) is 15.8. The molecule has 6 nitrogen and oxygen atoms in total. The molecule has 1 aliphatic heterocycles. The fourth-order valence-corrected chi connectivity index (χ4v) is 2.39. The van der Waals surface area contributed by atoms with Crippen molar-refractivity contribution < 1.29 is 4.74 Å². The number of nitrogens with zero attached hydrogens (tertiary/aromatic N) is 3. The summed E-state index contributed by atoms with van der Waals surface area (Å²) in [7, 11) is 1.79. The summed E-state index contributed by atoms with van der Waals surface area (Å²) in [6, 6.07) is 5.92. The summed E-state index contributed by atoms with van der Waals surface area (Å²) in [5.41, 5.74) is 1.01. The van der Waals surface area contributed by atoms with Gasteiger partial charge in [0.25, 0.3) is 0 Å². The standard InChI is InChI=1S/C16H27N5O.HI/c1-17-16(20-14-15-6-2-3-7-18-15)19-8-4-5-9-21-10-12-22-13-11-21;/h2-3,6-7H,4-5,8-14H2,1H3,(H2,17,19,20);1H. The van der Waals surface area contributed by atoms with Gasteiger partial charge < -0.3 is 15.4 Å². The largest absolute Gasteiger partial charge is 0.379 e. The number of aliphatic imine (C=N–C) groups is 1. The molecule has 0 amide bonds. The molecule has 23 heavy (non-hydrogen) atoms. The minimum atomic E-state index is 0. The van der Waals surface area contributed by atoms with Gasteiger partial charge in [0.05, 0.1) is 25.5 Å². The number of halogens is 1. The summed E-state index contributed by atoms with van der Waals surface area (Å²) in [5.74, 6) is 0.831. The second-order valence-corrected chi connectivity index (χ2v) is 5.33. The first-order valence-electron chi connectivity index (χ1n) is 8.03. The van der Waals surface area contributed by atoms with Crippen molar-refractivity contribution in [2.24, 2.45) is 4.99 Å². The van der Waals surface area contributed by atoms with E-state index < -0.39 is 0 Å². The molecule has 1 aliphatic rings. The highest BCUT2D eigenvalue weighted by atomic mass is 127. The summed E-state index contributed by atoms with van der Waals surface area (Å²) in [5, 5.41) is 6.62. The van der Waals surface area contributed by atoms with Crippen LogP contribution < -0.4 is 10.6 Å². The molecule has 2 rings (SSSR count). The third-order valence-corrected chi connectivity index (χ3v) is 3.68. The summed E-state index contributed by atoms with van der Waals surface area (Å²) in [6.45, 7) is 6.68. The van der Waals surface area contributed by atoms with E-state index >= 15 is 0 Å². The predicted octanol–water partition coefficient (Wildman–Crippen LogP) is 1.48. The van der Waals surface area contributed by atoms with Crippen molar-refractivity contribution in [1.29, 1.82) is 0 Å². The van der Waals surface area contributed by atoms with Gasteiger partial charge in [-0.15, -0.1) is 24.0 Å². The van der Waals surface area contributed by atoms with Crippen LogP contribution in [0.5, 0.6) is 0 Å². The van der Waals surface area contributed by atoms with Crippen LogP contribution in [0.1, 0.15) is 18.5 Å². The van der Waals surface area contributed by atoms with Crippen LogP contribution in [0.4, 0.5) is 0 Å². The van der Waals surface area contributed by atoms with Crippen LogP contribution in [-0.2, 0) is 11.3 Å². The molecule has 0 saturated carbocycles. The molecule has 1 saturated heterocycles. The molecule has 1 aromatic heterocycles. The molecule has 2 N–H and O–H groups in total. The van der Waals surface area contributed by atoms with Crippen molar-refractivity contribution in [3.05, 3.63) is 30.1 Å². The van der Waals surface area contributed by atoms with Crippen LogP contribution >= 0.6 is 24.0 Å². The Balaban J connectivity index is 0.00000264. The topological polar surface area (TPSA) is 61.8 Å². The smallest absolute Gasteiger partial charge is 0.191 e. The molecule has 130 valence electrons. The summed E-state index contributed by atoms with van der Waals surface area (Å²) in [4.78, 5) is 11.0. The number of pyridine rings is 1. The Kier molecular flexibility index (Phi) is 10.9. The molecule has 2 heterocycles. The zero-order valence-corrected chi connectivity index (χ0v) is 16.2. The minimum Gasteiger partial charge on any atom is -0.379 e. The van der Waals surface area contributed by atoms with Crippen molar-refractivity contribution >= 4 is 29.9 Å². The zero-order valence-electron chi connectivity index (χ0n) is 13.8. The average Bonchev–Trinajstić information content (AvgIpc) is 2.59. The number of morpholine rings is 1. The van der Waals surface area contributed by atoms with Crippen molar-refractivity contribution in [3.8, 4) is 0 Å². The van der Waals surface area contributed by atoms with Gasteiger partial charge in [-0.25, -0.2) is 0 Å². The number of ether oxygens (including phenoxy) is 1. The van der Waals surface area contributed by atoms with E-state index in [1.807, 2.05) is 18.2 Å². The Bertz CT molecular complexity index is 437. The van der Waals surface area contributed by atoms with Crippen LogP contribution in [0.3, 0.4) is 0 Å². The first-order chi connectivity index (χ1) is 10.9. The maximum Gasteiger partial charge on any atom is 0.191 e. The van der Waals surface area contributed by atoms with E-state index in [4.69, 9.17) is 4.74 Å². The third-order valence-electron chi connectivity index (χ3n) is 3.68. The van der Waals surface area contributed by atoms with E-state index in [1.165, 1.54) is 6.42 Å². The van der Waals surface area contributed by atoms with Crippen molar-refractivity contribution in [2.45, 2.75) is 19.4 Å². The lowest BCUT2D eigenvalue weighted by Gasteiger charge is -2.26. The SMILES string of the molecule is CN=C(NCCCCN1CCOCC1)NCc1ccccn1.I. The molecular formula is C16H28IN5O. The molecule has 7 heteroatoms. The van der Waals surface area contributed by atoms with Gasteiger partial charge in [-0.2, -0.15) is 0 Å². The van der Waals surface area contributed by atoms with E-state index in [0.717, 1.165) is 57.5 Å². The minimum absolute atomic E-state index is 0. The number of unbranched alkanes of at least 4 members (excludes halogenated alkanes) is 1.